The molecule has 0 aliphatic carbocycles. The number of carboxylic acids is 1. The van der Waals surface area contributed by atoms with E-state index < -0.39 is 5.97 Å². The number of carboxylic acid groups (broad SMARTS) is 1. The molecule has 0 bridgehead atoms. The van der Waals surface area contributed by atoms with E-state index in [1.165, 1.54) is 0 Å². The first-order chi connectivity index (χ1) is 9.92. The zero-order chi connectivity index (χ0) is 15.8. The number of carbonyl (C=O) groups excluding carboxylic acids is 1. The van der Waals surface area contributed by atoms with Crippen molar-refractivity contribution in [1.29, 1.82) is 0 Å². The van der Waals surface area contributed by atoms with Crippen molar-refractivity contribution in [3.63, 3.8) is 0 Å². The Hall–Kier alpha value is -2.04. The Balaban J connectivity index is 2.65. The topological polar surface area (TPSA) is 66.8 Å². The van der Waals surface area contributed by atoms with Gasteiger partial charge in [-0.1, -0.05) is 12.1 Å². The highest BCUT2D eigenvalue weighted by Crippen LogP contribution is 2.16. The lowest BCUT2D eigenvalue weighted by Gasteiger charge is -2.20. The van der Waals surface area contributed by atoms with Crippen molar-refractivity contribution in [3.05, 3.63) is 29.8 Å². The maximum Gasteiger partial charge on any atom is 0.305 e. The van der Waals surface area contributed by atoms with Gasteiger partial charge in [-0.15, -0.1) is 0 Å². The van der Waals surface area contributed by atoms with E-state index in [0.29, 0.717) is 6.54 Å². The van der Waals surface area contributed by atoms with Crippen LogP contribution in [0.2, 0.25) is 0 Å². The fourth-order valence-electron chi connectivity index (χ4n) is 1.98. The van der Waals surface area contributed by atoms with Gasteiger partial charge in [0.15, 0.2) is 0 Å². The van der Waals surface area contributed by atoms with Crippen LogP contribution in [0.25, 0.3) is 0 Å². The fourth-order valence-corrected chi connectivity index (χ4v) is 1.98. The van der Waals surface area contributed by atoms with E-state index in [9.17, 15) is 9.59 Å². The molecule has 0 atom stereocenters. The van der Waals surface area contributed by atoms with Gasteiger partial charge in [0.2, 0.25) is 5.91 Å². The van der Waals surface area contributed by atoms with Gasteiger partial charge in [-0.2, -0.15) is 0 Å². The molecule has 116 valence electrons. The molecule has 0 unspecified atom stereocenters. The molecule has 0 radical (unpaired) electrons. The van der Waals surface area contributed by atoms with Crippen LogP contribution in [-0.4, -0.2) is 41.1 Å². The normalized spacial score (nSPS) is 10.5. The summed E-state index contributed by atoms with van der Waals surface area (Å²) in [5.74, 6) is -0.224. The summed E-state index contributed by atoms with van der Waals surface area (Å²) in [7, 11) is 0. The van der Waals surface area contributed by atoms with Gasteiger partial charge >= 0.3 is 5.97 Å². The van der Waals surface area contributed by atoms with E-state index in [2.05, 4.69) is 0 Å². The molecule has 1 rings (SSSR count). The third kappa shape index (κ3) is 6.29. The lowest BCUT2D eigenvalue weighted by atomic mass is 10.1. The molecule has 0 aliphatic heterocycles. The average molecular weight is 293 g/mol. The minimum absolute atomic E-state index is 0.0317. The molecule has 1 N–H and O–H groups in total. The molecule has 0 aliphatic rings. The van der Waals surface area contributed by atoms with Crippen LogP contribution in [0.1, 0.15) is 32.8 Å². The first kappa shape index (κ1) is 17.0. The Morgan fingerprint density at radius 2 is 2.05 bits per heavy atom. The molecule has 0 heterocycles. The summed E-state index contributed by atoms with van der Waals surface area (Å²) in [5.41, 5.74) is 0.868. The highest BCUT2D eigenvalue weighted by Gasteiger charge is 2.14. The van der Waals surface area contributed by atoms with Crippen molar-refractivity contribution < 1.29 is 19.4 Å². The van der Waals surface area contributed by atoms with E-state index in [4.69, 9.17) is 9.84 Å². The largest absolute Gasteiger partial charge is 0.491 e. The number of hydrogen-bond donors (Lipinski definition) is 1. The third-order valence-corrected chi connectivity index (χ3v) is 2.96. The molecule has 5 nitrogen and oxygen atoms in total. The van der Waals surface area contributed by atoms with Crippen LogP contribution >= 0.6 is 0 Å². The van der Waals surface area contributed by atoms with Crippen LogP contribution in [0.4, 0.5) is 0 Å². The van der Waals surface area contributed by atoms with Crippen molar-refractivity contribution in [2.24, 2.45) is 0 Å². The number of amides is 1. The van der Waals surface area contributed by atoms with E-state index in [1.807, 2.05) is 45.0 Å². The maximum atomic E-state index is 12.2. The number of hydrogen-bond acceptors (Lipinski definition) is 3. The summed E-state index contributed by atoms with van der Waals surface area (Å²) in [6, 6.07) is 7.43. The van der Waals surface area contributed by atoms with Crippen molar-refractivity contribution in [2.45, 2.75) is 39.7 Å². The number of aliphatic carboxylic acids is 1. The van der Waals surface area contributed by atoms with E-state index in [-0.39, 0.29) is 31.4 Å². The quantitative estimate of drug-likeness (QED) is 0.799. The second kappa shape index (κ2) is 8.29. The van der Waals surface area contributed by atoms with E-state index in [0.717, 1.165) is 11.3 Å². The van der Waals surface area contributed by atoms with Crippen LogP contribution in [0.15, 0.2) is 24.3 Å². The van der Waals surface area contributed by atoms with Crippen molar-refractivity contribution in [2.75, 3.05) is 13.1 Å². The van der Waals surface area contributed by atoms with Gasteiger partial charge in [0, 0.05) is 13.1 Å². The second-order valence-electron chi connectivity index (χ2n) is 5.11. The molecule has 1 amide bonds. The van der Waals surface area contributed by atoms with Gasteiger partial charge in [0.1, 0.15) is 5.75 Å². The second-order valence-corrected chi connectivity index (χ2v) is 5.11. The molecular formula is C16H23NO4. The van der Waals surface area contributed by atoms with Gasteiger partial charge in [-0.25, -0.2) is 0 Å². The number of rotatable bonds is 8. The van der Waals surface area contributed by atoms with E-state index in [1.54, 1.807) is 4.90 Å². The molecular weight excluding hydrogens is 270 g/mol. The lowest BCUT2D eigenvalue weighted by molar-refractivity contribution is -0.138. The number of ether oxygens (including phenoxy) is 1. The first-order valence-electron chi connectivity index (χ1n) is 7.17. The van der Waals surface area contributed by atoms with Gasteiger partial charge in [-0.05, 0) is 38.5 Å². The van der Waals surface area contributed by atoms with E-state index >= 15 is 0 Å². The number of nitrogens with zero attached hydrogens (tertiary/aromatic N) is 1. The van der Waals surface area contributed by atoms with Crippen molar-refractivity contribution in [1.82, 2.24) is 4.90 Å². The average Bonchev–Trinajstić information content (AvgIpc) is 2.38. The predicted molar refractivity (Wildman–Crippen MR) is 80.4 cm³/mol. The van der Waals surface area contributed by atoms with Crippen LogP contribution in [0.5, 0.6) is 5.75 Å². The summed E-state index contributed by atoms with van der Waals surface area (Å²) in [4.78, 5) is 24.3. The molecule has 0 aromatic heterocycles. The lowest BCUT2D eigenvalue weighted by Crippen LogP contribution is -2.34. The highest BCUT2D eigenvalue weighted by molar-refractivity contribution is 5.79. The van der Waals surface area contributed by atoms with Gasteiger partial charge in [0.05, 0.1) is 18.9 Å². The summed E-state index contributed by atoms with van der Waals surface area (Å²) in [6.45, 7) is 6.49. The zero-order valence-electron chi connectivity index (χ0n) is 12.8. The van der Waals surface area contributed by atoms with Gasteiger partial charge < -0.3 is 14.7 Å². The van der Waals surface area contributed by atoms with Gasteiger partial charge in [0.25, 0.3) is 0 Å². The molecule has 1 aromatic rings. The molecule has 5 heteroatoms. The monoisotopic (exact) mass is 293 g/mol. The first-order valence-corrected chi connectivity index (χ1v) is 7.17. The summed E-state index contributed by atoms with van der Waals surface area (Å²) in [5, 5.41) is 8.70. The Morgan fingerprint density at radius 3 is 2.62 bits per heavy atom. The Labute approximate surface area is 125 Å². The molecule has 0 spiro atoms. The zero-order valence-corrected chi connectivity index (χ0v) is 12.8. The molecule has 0 fully saturated rings. The minimum Gasteiger partial charge on any atom is -0.491 e. The van der Waals surface area contributed by atoms with Gasteiger partial charge in [-0.3, -0.25) is 9.59 Å². The number of benzene rings is 1. The maximum absolute atomic E-state index is 12.2. The van der Waals surface area contributed by atoms with Crippen LogP contribution in [0, 0.1) is 0 Å². The minimum atomic E-state index is -0.895. The summed E-state index contributed by atoms with van der Waals surface area (Å²) in [6.07, 6.45) is 0.303. The predicted octanol–water partition coefficient (Wildman–Crippen LogP) is 2.34. The third-order valence-electron chi connectivity index (χ3n) is 2.96. The van der Waals surface area contributed by atoms with Crippen LogP contribution < -0.4 is 4.74 Å². The number of carbonyl (C=O) groups is 2. The Morgan fingerprint density at radius 1 is 1.33 bits per heavy atom. The summed E-state index contributed by atoms with van der Waals surface area (Å²) < 4.78 is 5.60. The highest BCUT2D eigenvalue weighted by atomic mass is 16.5. The fraction of sp³-hybridized carbons (Fsp3) is 0.500. The summed E-state index contributed by atoms with van der Waals surface area (Å²) >= 11 is 0. The van der Waals surface area contributed by atoms with Crippen LogP contribution in [0.3, 0.4) is 0 Å². The Bertz CT molecular complexity index is 485. The molecule has 0 saturated heterocycles. The molecule has 0 saturated carbocycles. The SMILES string of the molecule is CCN(CCC(=O)O)C(=O)Cc1cccc(OC(C)C)c1. The molecule has 1 aromatic carbocycles. The van der Waals surface area contributed by atoms with Crippen LogP contribution in [-0.2, 0) is 16.0 Å². The smallest absolute Gasteiger partial charge is 0.305 e. The number of likely N-dealkylation sites (N-methyl/N-ethyl adjacent to an activating group) is 1. The molecule has 21 heavy (non-hydrogen) atoms. The standard InChI is InChI=1S/C16H23NO4/c1-4-17(9-8-16(19)20)15(18)11-13-6-5-7-14(10-13)21-12(2)3/h5-7,10,12H,4,8-9,11H2,1-3H3,(H,19,20). The van der Waals surface area contributed by atoms with Crippen molar-refractivity contribution in [3.8, 4) is 5.75 Å². The van der Waals surface area contributed by atoms with Crippen molar-refractivity contribution >= 4 is 11.9 Å². The Kier molecular flexibility index (Phi) is 6.72.